The lowest BCUT2D eigenvalue weighted by Crippen LogP contribution is -2.25. The Bertz CT molecular complexity index is 622. The topological polar surface area (TPSA) is 63.2 Å². The van der Waals surface area contributed by atoms with Gasteiger partial charge in [0.2, 0.25) is 0 Å². The minimum atomic E-state index is -4.06. The molecule has 0 bridgehead atoms. The van der Waals surface area contributed by atoms with Crippen LogP contribution in [0.3, 0.4) is 0 Å². The molecule has 118 valence electrons. The molecule has 0 aliphatic carbocycles. The molecule has 0 saturated heterocycles. The molecule has 0 spiro atoms. The average Bonchev–Trinajstić information content (AvgIpc) is 2.36. The van der Waals surface area contributed by atoms with Crippen molar-refractivity contribution >= 4 is 41.6 Å². The smallest absolute Gasteiger partial charge is 0.262 e. The van der Waals surface area contributed by atoms with E-state index < -0.39 is 20.8 Å². The minimum absolute atomic E-state index is 0.0190. The van der Waals surface area contributed by atoms with Crippen LogP contribution in [-0.4, -0.2) is 20.9 Å². The molecular weight excluding hydrogens is 385 g/mol. The Hall–Kier alpha value is -0.660. The molecule has 0 aromatic heterocycles. The third kappa shape index (κ3) is 5.56. The largest absolute Gasteiger partial charge is 0.352 e. The van der Waals surface area contributed by atoms with Crippen molar-refractivity contribution in [2.24, 2.45) is 0 Å². The lowest BCUT2D eigenvalue weighted by atomic mass is 10.2. The molecule has 0 fully saturated rings. The number of nitrogens with one attached hydrogen (secondary N) is 1. The van der Waals surface area contributed by atoms with Gasteiger partial charge in [0, 0.05) is 21.7 Å². The van der Waals surface area contributed by atoms with E-state index in [0.29, 0.717) is 6.54 Å². The van der Waals surface area contributed by atoms with Gasteiger partial charge in [0.15, 0.2) is 0 Å². The fourth-order valence-corrected chi connectivity index (χ4v) is 3.91. The van der Waals surface area contributed by atoms with Crippen molar-refractivity contribution in [2.45, 2.75) is 37.5 Å². The fraction of sp³-hybridized carbons (Fsp3) is 0.462. The zero-order valence-corrected chi connectivity index (χ0v) is 14.6. The number of hydrogen-bond acceptors (Lipinski definition) is 3. The molecule has 1 aromatic rings. The van der Waals surface area contributed by atoms with Gasteiger partial charge in [-0.25, -0.2) is 12.8 Å². The van der Waals surface area contributed by atoms with Crippen molar-refractivity contribution in [3.63, 3.8) is 0 Å². The SMILES string of the molecule is CCCCCCNC(=O)c1cc(S(=O)(=O)Cl)c(Br)cc1F. The highest BCUT2D eigenvalue weighted by Gasteiger charge is 2.21. The maximum absolute atomic E-state index is 13.8. The van der Waals surface area contributed by atoms with Crippen molar-refractivity contribution in [1.82, 2.24) is 5.32 Å². The molecule has 0 radical (unpaired) electrons. The number of carbonyl (C=O) groups is 1. The van der Waals surface area contributed by atoms with E-state index in [1.54, 1.807) is 0 Å². The van der Waals surface area contributed by atoms with Gasteiger partial charge >= 0.3 is 0 Å². The molecule has 0 aliphatic rings. The van der Waals surface area contributed by atoms with Gasteiger partial charge < -0.3 is 5.32 Å². The Kier molecular flexibility index (Phi) is 7.09. The van der Waals surface area contributed by atoms with Gasteiger partial charge in [-0.2, -0.15) is 0 Å². The van der Waals surface area contributed by atoms with Gasteiger partial charge in [0.25, 0.3) is 15.0 Å². The highest BCUT2D eigenvalue weighted by atomic mass is 79.9. The van der Waals surface area contributed by atoms with Gasteiger partial charge in [-0.05, 0) is 34.5 Å². The molecule has 1 N–H and O–H groups in total. The summed E-state index contributed by atoms with van der Waals surface area (Å²) in [5.41, 5.74) is -0.340. The van der Waals surface area contributed by atoms with Crippen LogP contribution in [0.2, 0.25) is 0 Å². The number of rotatable bonds is 7. The molecule has 21 heavy (non-hydrogen) atoms. The summed E-state index contributed by atoms with van der Waals surface area (Å²) in [5.74, 6) is -1.46. The van der Waals surface area contributed by atoms with Gasteiger partial charge in [-0.1, -0.05) is 26.2 Å². The number of carbonyl (C=O) groups excluding carboxylic acids is 1. The summed E-state index contributed by atoms with van der Waals surface area (Å²) in [6.45, 7) is 2.49. The molecule has 0 saturated carbocycles. The minimum Gasteiger partial charge on any atom is -0.352 e. The summed E-state index contributed by atoms with van der Waals surface area (Å²) in [6, 6.07) is 1.85. The molecule has 1 rings (SSSR count). The van der Waals surface area contributed by atoms with E-state index in [2.05, 4.69) is 28.2 Å². The van der Waals surface area contributed by atoms with Crippen LogP contribution in [-0.2, 0) is 9.05 Å². The van der Waals surface area contributed by atoms with E-state index in [9.17, 15) is 17.6 Å². The molecule has 0 atom stereocenters. The third-order valence-corrected chi connectivity index (χ3v) is 5.13. The maximum Gasteiger partial charge on any atom is 0.262 e. The van der Waals surface area contributed by atoms with Gasteiger partial charge in [-0.15, -0.1) is 0 Å². The van der Waals surface area contributed by atoms with Crippen molar-refractivity contribution in [3.8, 4) is 0 Å². The van der Waals surface area contributed by atoms with Gasteiger partial charge in [0.05, 0.1) is 10.5 Å². The first-order chi connectivity index (χ1) is 9.77. The quantitative estimate of drug-likeness (QED) is 0.559. The lowest BCUT2D eigenvalue weighted by Gasteiger charge is -2.08. The Morgan fingerprint density at radius 3 is 2.57 bits per heavy atom. The first-order valence-corrected chi connectivity index (χ1v) is 9.59. The van der Waals surface area contributed by atoms with Crippen LogP contribution in [0.25, 0.3) is 0 Å². The van der Waals surface area contributed by atoms with Gasteiger partial charge in [0.1, 0.15) is 5.82 Å². The number of hydrogen-bond donors (Lipinski definition) is 1. The van der Waals surface area contributed by atoms with E-state index in [1.165, 1.54) is 0 Å². The summed E-state index contributed by atoms with van der Waals surface area (Å²) >= 11 is 2.91. The summed E-state index contributed by atoms with van der Waals surface area (Å²) in [5, 5.41) is 2.56. The highest BCUT2D eigenvalue weighted by Crippen LogP contribution is 2.28. The standard InChI is InChI=1S/C13H16BrClFNO3S/c1-2-3-4-5-6-17-13(18)9-7-12(21(15,19)20)10(14)8-11(9)16/h7-8H,2-6H2,1H3,(H,17,18). The summed E-state index contributed by atoms with van der Waals surface area (Å²) in [7, 11) is 1.18. The zero-order valence-electron chi connectivity index (χ0n) is 11.5. The Morgan fingerprint density at radius 2 is 2.00 bits per heavy atom. The second kappa shape index (κ2) is 8.10. The maximum atomic E-state index is 13.8. The molecule has 8 heteroatoms. The molecule has 0 unspecified atom stereocenters. The number of benzene rings is 1. The van der Waals surface area contributed by atoms with Crippen LogP contribution in [0.4, 0.5) is 4.39 Å². The third-order valence-electron chi connectivity index (χ3n) is 2.84. The van der Waals surface area contributed by atoms with Crippen LogP contribution >= 0.6 is 26.6 Å². The van der Waals surface area contributed by atoms with Crippen LogP contribution < -0.4 is 5.32 Å². The molecule has 0 aliphatic heterocycles. The Labute approximate surface area is 136 Å². The molecule has 4 nitrogen and oxygen atoms in total. The van der Waals surface area contributed by atoms with Crippen LogP contribution in [0, 0.1) is 5.82 Å². The number of unbranched alkanes of at least 4 members (excludes halogenated alkanes) is 3. The lowest BCUT2D eigenvalue weighted by molar-refractivity contribution is 0.0948. The van der Waals surface area contributed by atoms with E-state index in [4.69, 9.17) is 10.7 Å². The van der Waals surface area contributed by atoms with E-state index in [-0.39, 0.29) is 14.9 Å². The Balaban J connectivity index is 2.85. The summed E-state index contributed by atoms with van der Waals surface area (Å²) in [6.07, 6.45) is 3.91. The van der Waals surface area contributed by atoms with E-state index in [1.807, 2.05) is 0 Å². The normalized spacial score (nSPS) is 11.4. The molecule has 0 heterocycles. The second-order valence-electron chi connectivity index (χ2n) is 4.52. The zero-order chi connectivity index (χ0) is 16.0. The molecule has 1 aromatic carbocycles. The van der Waals surface area contributed by atoms with Crippen LogP contribution in [0.1, 0.15) is 43.0 Å². The monoisotopic (exact) mass is 399 g/mol. The Morgan fingerprint density at radius 1 is 1.33 bits per heavy atom. The van der Waals surface area contributed by atoms with Crippen molar-refractivity contribution < 1.29 is 17.6 Å². The molecule has 1 amide bonds. The molecular formula is C13H16BrClFNO3S. The number of amides is 1. The second-order valence-corrected chi connectivity index (χ2v) is 7.91. The van der Waals surface area contributed by atoms with E-state index >= 15 is 0 Å². The van der Waals surface area contributed by atoms with Crippen LogP contribution in [0.5, 0.6) is 0 Å². The van der Waals surface area contributed by atoms with Crippen molar-refractivity contribution in [3.05, 3.63) is 28.0 Å². The predicted octanol–water partition coefficient (Wildman–Crippen LogP) is 3.83. The number of halogens is 3. The summed E-state index contributed by atoms with van der Waals surface area (Å²) < 4.78 is 36.5. The predicted molar refractivity (Wildman–Crippen MR) is 83.6 cm³/mol. The summed E-state index contributed by atoms with van der Waals surface area (Å²) in [4.78, 5) is 11.6. The van der Waals surface area contributed by atoms with Crippen molar-refractivity contribution in [1.29, 1.82) is 0 Å². The first kappa shape index (κ1) is 18.4. The van der Waals surface area contributed by atoms with Crippen molar-refractivity contribution in [2.75, 3.05) is 6.54 Å². The highest BCUT2D eigenvalue weighted by molar-refractivity contribution is 9.10. The van der Waals surface area contributed by atoms with E-state index in [0.717, 1.165) is 37.8 Å². The fourth-order valence-electron chi connectivity index (χ4n) is 1.74. The average molecular weight is 401 g/mol. The van der Waals surface area contributed by atoms with Gasteiger partial charge in [-0.3, -0.25) is 4.79 Å². The van der Waals surface area contributed by atoms with Crippen LogP contribution in [0.15, 0.2) is 21.5 Å². The first-order valence-electron chi connectivity index (χ1n) is 6.49.